The van der Waals surface area contributed by atoms with Gasteiger partial charge in [0.25, 0.3) is 0 Å². The molecule has 2 N–H and O–H groups in total. The first-order valence-corrected chi connectivity index (χ1v) is 7.29. The fourth-order valence-corrected chi connectivity index (χ4v) is 2.26. The first kappa shape index (κ1) is 17.4. The summed E-state index contributed by atoms with van der Waals surface area (Å²) in [5.74, 6) is -1.08. The van der Waals surface area contributed by atoms with E-state index in [0.29, 0.717) is 11.4 Å². The van der Waals surface area contributed by atoms with E-state index in [-0.39, 0.29) is 17.3 Å². The number of nitrogens with one attached hydrogen (secondary N) is 1. The van der Waals surface area contributed by atoms with Crippen LogP contribution in [0.2, 0.25) is 0 Å². The second-order valence-electron chi connectivity index (χ2n) is 5.31. The Bertz CT molecular complexity index is 969. The number of rotatable bonds is 4. The zero-order valence-corrected chi connectivity index (χ0v) is 13.3. The lowest BCUT2D eigenvalue weighted by Gasteiger charge is -2.10. The first-order valence-electron chi connectivity index (χ1n) is 7.29. The van der Waals surface area contributed by atoms with Crippen LogP contribution in [0.4, 0.5) is 24.8 Å². The second kappa shape index (κ2) is 6.47. The van der Waals surface area contributed by atoms with Gasteiger partial charge in [-0.15, -0.1) is 0 Å². The monoisotopic (exact) mass is 363 g/mol. The lowest BCUT2D eigenvalue weighted by molar-refractivity contribution is -0.137. The Morgan fingerprint density at radius 1 is 1.19 bits per heavy atom. The number of halogens is 3. The number of aromatic nitrogens is 4. The van der Waals surface area contributed by atoms with Crippen molar-refractivity contribution in [2.75, 3.05) is 5.32 Å². The summed E-state index contributed by atoms with van der Waals surface area (Å²) in [7, 11) is 1.48. The standard InChI is InChI=1S/C16H12F3N5O2/c1-24-13(14(25)26)8-12(23-24)11-5-6-20-15(22-11)21-10-4-2-3-9(7-10)16(17,18)19/h2-8H,1H3,(H,25,26)(H,20,21,22). The van der Waals surface area contributed by atoms with Gasteiger partial charge in [0.2, 0.25) is 5.95 Å². The molecule has 0 saturated carbocycles. The summed E-state index contributed by atoms with van der Waals surface area (Å²) >= 11 is 0. The Morgan fingerprint density at radius 2 is 1.96 bits per heavy atom. The summed E-state index contributed by atoms with van der Waals surface area (Å²) < 4.78 is 39.5. The summed E-state index contributed by atoms with van der Waals surface area (Å²) in [6, 6.07) is 7.49. The van der Waals surface area contributed by atoms with Crippen molar-refractivity contribution in [1.29, 1.82) is 0 Å². The molecule has 2 aromatic heterocycles. The minimum absolute atomic E-state index is 0.0222. The molecule has 3 rings (SSSR count). The number of benzene rings is 1. The summed E-state index contributed by atoms with van der Waals surface area (Å²) in [6.45, 7) is 0. The van der Waals surface area contributed by atoms with Gasteiger partial charge in [-0.3, -0.25) is 4.68 Å². The molecular formula is C16H12F3N5O2. The fourth-order valence-electron chi connectivity index (χ4n) is 2.26. The van der Waals surface area contributed by atoms with E-state index >= 15 is 0 Å². The highest BCUT2D eigenvalue weighted by Gasteiger charge is 2.30. The minimum Gasteiger partial charge on any atom is -0.477 e. The molecule has 3 aromatic rings. The normalized spacial score (nSPS) is 11.4. The molecule has 1 aromatic carbocycles. The lowest BCUT2D eigenvalue weighted by atomic mass is 10.2. The van der Waals surface area contributed by atoms with Crippen molar-refractivity contribution < 1.29 is 23.1 Å². The van der Waals surface area contributed by atoms with E-state index in [2.05, 4.69) is 20.4 Å². The molecule has 0 fully saturated rings. The number of nitrogens with zero attached hydrogens (tertiary/aromatic N) is 4. The largest absolute Gasteiger partial charge is 0.477 e. The van der Waals surface area contributed by atoms with Gasteiger partial charge in [-0.1, -0.05) is 6.07 Å². The van der Waals surface area contributed by atoms with Gasteiger partial charge in [-0.25, -0.2) is 14.8 Å². The van der Waals surface area contributed by atoms with Gasteiger partial charge >= 0.3 is 12.1 Å². The van der Waals surface area contributed by atoms with Crippen LogP contribution < -0.4 is 5.32 Å². The van der Waals surface area contributed by atoms with E-state index in [1.165, 1.54) is 42.2 Å². The number of aromatic carboxylic acids is 1. The number of carboxylic acid groups (broad SMARTS) is 1. The highest BCUT2D eigenvalue weighted by atomic mass is 19.4. The Hall–Kier alpha value is -3.43. The van der Waals surface area contributed by atoms with Crippen LogP contribution in [0.15, 0.2) is 42.6 Å². The zero-order chi connectivity index (χ0) is 18.9. The molecule has 0 aliphatic heterocycles. The molecule has 0 spiro atoms. The summed E-state index contributed by atoms with van der Waals surface area (Å²) in [6.07, 6.45) is -3.06. The van der Waals surface area contributed by atoms with Gasteiger partial charge in [0.1, 0.15) is 11.4 Å². The van der Waals surface area contributed by atoms with E-state index in [0.717, 1.165) is 12.1 Å². The molecule has 0 saturated heterocycles. The number of hydrogen-bond acceptors (Lipinski definition) is 5. The van der Waals surface area contributed by atoms with Crippen molar-refractivity contribution in [3.8, 4) is 11.4 Å². The molecule has 10 heteroatoms. The third-order valence-electron chi connectivity index (χ3n) is 3.46. The number of aryl methyl sites for hydroxylation is 1. The molecule has 26 heavy (non-hydrogen) atoms. The quantitative estimate of drug-likeness (QED) is 0.739. The van der Waals surface area contributed by atoms with Crippen LogP contribution in [0.25, 0.3) is 11.4 Å². The van der Waals surface area contributed by atoms with Gasteiger partial charge in [-0.05, 0) is 24.3 Å². The maximum absolute atomic E-state index is 12.8. The van der Waals surface area contributed by atoms with E-state index in [1.54, 1.807) is 0 Å². The van der Waals surface area contributed by atoms with Crippen molar-refractivity contribution in [3.05, 3.63) is 53.9 Å². The summed E-state index contributed by atoms with van der Waals surface area (Å²) in [5, 5.41) is 15.8. The van der Waals surface area contributed by atoms with Crippen LogP contribution >= 0.6 is 0 Å². The average Bonchev–Trinajstić information content (AvgIpc) is 2.97. The van der Waals surface area contributed by atoms with Crippen molar-refractivity contribution in [3.63, 3.8) is 0 Å². The Kier molecular flexibility index (Phi) is 4.33. The fraction of sp³-hybridized carbons (Fsp3) is 0.125. The van der Waals surface area contributed by atoms with Crippen LogP contribution in [-0.4, -0.2) is 30.8 Å². The van der Waals surface area contributed by atoms with Crippen LogP contribution in [0, 0.1) is 0 Å². The van der Waals surface area contributed by atoms with Gasteiger partial charge in [0.15, 0.2) is 0 Å². The van der Waals surface area contributed by atoms with E-state index < -0.39 is 17.7 Å². The van der Waals surface area contributed by atoms with Crippen LogP contribution in [0.1, 0.15) is 16.1 Å². The van der Waals surface area contributed by atoms with E-state index in [4.69, 9.17) is 5.11 Å². The molecule has 7 nitrogen and oxygen atoms in total. The predicted octanol–water partition coefficient (Wildman–Crippen LogP) is 3.34. The summed E-state index contributed by atoms with van der Waals surface area (Å²) in [5.41, 5.74) is -0.0123. The van der Waals surface area contributed by atoms with Crippen molar-refractivity contribution in [1.82, 2.24) is 19.7 Å². The van der Waals surface area contributed by atoms with Gasteiger partial charge in [-0.2, -0.15) is 18.3 Å². The van der Waals surface area contributed by atoms with E-state index in [9.17, 15) is 18.0 Å². The molecule has 0 amide bonds. The van der Waals surface area contributed by atoms with Crippen LogP contribution in [0.5, 0.6) is 0 Å². The van der Waals surface area contributed by atoms with Crippen molar-refractivity contribution >= 4 is 17.6 Å². The lowest BCUT2D eigenvalue weighted by Crippen LogP contribution is -2.06. The predicted molar refractivity (Wildman–Crippen MR) is 85.9 cm³/mol. The van der Waals surface area contributed by atoms with Gasteiger partial charge in [0, 0.05) is 25.0 Å². The molecule has 134 valence electrons. The van der Waals surface area contributed by atoms with E-state index in [1.807, 2.05) is 0 Å². The molecule has 0 aliphatic rings. The maximum Gasteiger partial charge on any atom is 0.416 e. The number of carbonyl (C=O) groups is 1. The van der Waals surface area contributed by atoms with Gasteiger partial charge < -0.3 is 10.4 Å². The highest BCUT2D eigenvalue weighted by Crippen LogP contribution is 2.31. The Morgan fingerprint density at radius 3 is 2.62 bits per heavy atom. The first-order chi connectivity index (χ1) is 12.2. The maximum atomic E-state index is 12.8. The van der Waals surface area contributed by atoms with Crippen LogP contribution in [0.3, 0.4) is 0 Å². The summed E-state index contributed by atoms with van der Waals surface area (Å²) in [4.78, 5) is 19.2. The number of carboxylic acids is 1. The molecule has 0 atom stereocenters. The SMILES string of the molecule is Cn1nc(-c2ccnc(Nc3cccc(C(F)(F)F)c3)n2)cc1C(=O)O. The average molecular weight is 363 g/mol. The molecule has 0 bridgehead atoms. The number of alkyl halides is 3. The highest BCUT2D eigenvalue weighted by molar-refractivity contribution is 5.87. The molecule has 0 unspecified atom stereocenters. The zero-order valence-electron chi connectivity index (χ0n) is 13.3. The Labute approximate surface area is 145 Å². The molecule has 0 aliphatic carbocycles. The number of anilines is 2. The van der Waals surface area contributed by atoms with Gasteiger partial charge in [0.05, 0.1) is 11.3 Å². The third-order valence-corrected chi connectivity index (χ3v) is 3.46. The smallest absolute Gasteiger partial charge is 0.416 e. The minimum atomic E-state index is -4.46. The van der Waals surface area contributed by atoms with Crippen LogP contribution in [-0.2, 0) is 13.2 Å². The molecular weight excluding hydrogens is 351 g/mol. The topological polar surface area (TPSA) is 92.9 Å². The Balaban J connectivity index is 1.89. The number of hydrogen-bond donors (Lipinski definition) is 2. The van der Waals surface area contributed by atoms with Crippen molar-refractivity contribution in [2.24, 2.45) is 7.05 Å². The van der Waals surface area contributed by atoms with Crippen molar-refractivity contribution in [2.45, 2.75) is 6.18 Å². The molecule has 0 radical (unpaired) electrons. The second-order valence-corrected chi connectivity index (χ2v) is 5.31. The molecule has 2 heterocycles. The third kappa shape index (κ3) is 3.63.